The van der Waals surface area contributed by atoms with Gasteiger partial charge in [0.25, 0.3) is 5.56 Å². The molecule has 2 unspecified atom stereocenters. The molecule has 1 N–H and O–H groups in total. The topological polar surface area (TPSA) is 79.6 Å². The smallest absolute Gasteiger partial charge is 0.326 e. The second-order valence-corrected chi connectivity index (χ2v) is 5.87. The van der Waals surface area contributed by atoms with Gasteiger partial charge in [0.2, 0.25) is 5.91 Å². The molecular weight excluding hydrogens is 328 g/mol. The van der Waals surface area contributed by atoms with Gasteiger partial charge in [-0.2, -0.15) is 0 Å². The standard InChI is InChI=1S/C13H15BrN2O4/c1-8-4-5-16(12(8)13(19)20)11(18)7-15-6-9(14)2-3-10(15)17/h2-3,6,8,12H,4-5,7H2,1H3,(H,19,20). The lowest BCUT2D eigenvalue weighted by Gasteiger charge is -2.23. The van der Waals surface area contributed by atoms with E-state index in [2.05, 4.69) is 15.9 Å². The first-order chi connectivity index (χ1) is 9.40. The zero-order chi connectivity index (χ0) is 14.9. The Balaban J connectivity index is 2.18. The number of amides is 1. The number of nitrogens with zero attached hydrogens (tertiary/aromatic N) is 2. The fourth-order valence-electron chi connectivity index (χ4n) is 2.47. The lowest BCUT2D eigenvalue weighted by Crippen LogP contribution is -2.45. The lowest BCUT2D eigenvalue weighted by molar-refractivity contribution is -0.149. The number of carbonyl (C=O) groups is 2. The van der Waals surface area contributed by atoms with Gasteiger partial charge < -0.3 is 14.6 Å². The first kappa shape index (κ1) is 14.8. The maximum absolute atomic E-state index is 12.2. The summed E-state index contributed by atoms with van der Waals surface area (Å²) in [6.45, 7) is 2.09. The number of halogens is 1. The predicted molar refractivity (Wildman–Crippen MR) is 75.3 cm³/mol. The quantitative estimate of drug-likeness (QED) is 0.886. The Morgan fingerprint density at radius 3 is 2.80 bits per heavy atom. The van der Waals surface area contributed by atoms with E-state index in [1.54, 1.807) is 6.07 Å². The normalized spacial score (nSPS) is 22.0. The van der Waals surface area contributed by atoms with Crippen LogP contribution in [0, 0.1) is 5.92 Å². The van der Waals surface area contributed by atoms with Crippen LogP contribution < -0.4 is 5.56 Å². The summed E-state index contributed by atoms with van der Waals surface area (Å²) in [4.78, 5) is 36.5. The minimum absolute atomic E-state index is 0.0734. The van der Waals surface area contributed by atoms with E-state index in [1.807, 2.05) is 6.92 Å². The number of aromatic nitrogens is 1. The van der Waals surface area contributed by atoms with Crippen molar-refractivity contribution < 1.29 is 14.7 Å². The third kappa shape index (κ3) is 2.92. The maximum atomic E-state index is 12.2. The fourth-order valence-corrected chi connectivity index (χ4v) is 2.84. The van der Waals surface area contributed by atoms with Crippen molar-refractivity contribution in [1.82, 2.24) is 9.47 Å². The highest BCUT2D eigenvalue weighted by Gasteiger charge is 2.39. The molecule has 2 heterocycles. The summed E-state index contributed by atoms with van der Waals surface area (Å²) >= 11 is 3.24. The molecule has 2 atom stereocenters. The maximum Gasteiger partial charge on any atom is 0.326 e. The van der Waals surface area contributed by atoms with Crippen molar-refractivity contribution in [2.45, 2.75) is 25.9 Å². The van der Waals surface area contributed by atoms with Gasteiger partial charge in [-0.15, -0.1) is 0 Å². The van der Waals surface area contributed by atoms with Crippen molar-refractivity contribution in [1.29, 1.82) is 0 Å². The summed E-state index contributed by atoms with van der Waals surface area (Å²) in [5, 5.41) is 9.20. The minimum atomic E-state index is -0.995. The average molecular weight is 343 g/mol. The molecule has 1 aliphatic rings. The average Bonchev–Trinajstić information content (AvgIpc) is 2.76. The molecule has 1 aliphatic heterocycles. The summed E-state index contributed by atoms with van der Waals surface area (Å²) < 4.78 is 1.96. The molecule has 0 bridgehead atoms. The molecule has 0 aliphatic carbocycles. The third-order valence-electron chi connectivity index (χ3n) is 3.53. The summed E-state index contributed by atoms with van der Waals surface area (Å²) in [5.74, 6) is -1.41. The first-order valence-electron chi connectivity index (χ1n) is 6.28. The second-order valence-electron chi connectivity index (χ2n) is 4.95. The van der Waals surface area contributed by atoms with Crippen LogP contribution in [0.4, 0.5) is 0 Å². The number of hydrogen-bond acceptors (Lipinski definition) is 3. The highest BCUT2D eigenvalue weighted by atomic mass is 79.9. The van der Waals surface area contributed by atoms with Crippen LogP contribution in [-0.4, -0.2) is 39.0 Å². The molecule has 7 heteroatoms. The number of aliphatic carboxylic acids is 1. The van der Waals surface area contributed by atoms with E-state index < -0.39 is 12.0 Å². The van der Waals surface area contributed by atoms with E-state index >= 15 is 0 Å². The van der Waals surface area contributed by atoms with Crippen molar-refractivity contribution in [3.8, 4) is 0 Å². The second kappa shape index (κ2) is 5.78. The Kier molecular flexibility index (Phi) is 4.27. The van der Waals surface area contributed by atoms with Gasteiger partial charge >= 0.3 is 5.97 Å². The van der Waals surface area contributed by atoms with Crippen molar-refractivity contribution in [2.24, 2.45) is 5.92 Å². The van der Waals surface area contributed by atoms with Gasteiger partial charge in [0, 0.05) is 23.3 Å². The van der Waals surface area contributed by atoms with Gasteiger partial charge in [0.05, 0.1) is 0 Å². The molecule has 0 spiro atoms. The van der Waals surface area contributed by atoms with E-state index in [4.69, 9.17) is 0 Å². The zero-order valence-electron chi connectivity index (χ0n) is 11.0. The summed E-state index contributed by atoms with van der Waals surface area (Å²) in [6.07, 6.45) is 2.19. The Bertz CT molecular complexity index is 598. The Labute approximate surface area is 124 Å². The molecule has 1 amide bonds. The van der Waals surface area contributed by atoms with Gasteiger partial charge in [0.1, 0.15) is 12.6 Å². The Hall–Kier alpha value is -1.63. The number of pyridine rings is 1. The van der Waals surface area contributed by atoms with E-state index in [0.717, 1.165) is 0 Å². The molecule has 1 aromatic heterocycles. The van der Waals surface area contributed by atoms with Crippen LogP contribution in [0.15, 0.2) is 27.6 Å². The summed E-state index contributed by atoms with van der Waals surface area (Å²) in [5.41, 5.74) is -0.291. The monoisotopic (exact) mass is 342 g/mol. The Morgan fingerprint density at radius 1 is 1.45 bits per heavy atom. The van der Waals surface area contributed by atoms with Crippen LogP contribution in [0.25, 0.3) is 0 Å². The highest BCUT2D eigenvalue weighted by molar-refractivity contribution is 9.10. The molecular formula is C13H15BrN2O4. The van der Waals surface area contributed by atoms with Gasteiger partial charge in [0.15, 0.2) is 0 Å². The van der Waals surface area contributed by atoms with Crippen LogP contribution in [0.3, 0.4) is 0 Å². The number of carboxylic acid groups (broad SMARTS) is 1. The number of carboxylic acids is 1. The van der Waals surface area contributed by atoms with Crippen LogP contribution in [-0.2, 0) is 16.1 Å². The molecule has 0 radical (unpaired) electrons. The third-order valence-corrected chi connectivity index (χ3v) is 4.00. The zero-order valence-corrected chi connectivity index (χ0v) is 12.5. The predicted octanol–water partition coefficient (Wildman–Crippen LogP) is 0.932. The molecule has 1 aromatic rings. The van der Waals surface area contributed by atoms with Crippen LogP contribution in [0.5, 0.6) is 0 Å². The molecule has 1 saturated heterocycles. The number of hydrogen-bond donors (Lipinski definition) is 1. The molecule has 0 aromatic carbocycles. The van der Waals surface area contributed by atoms with E-state index in [0.29, 0.717) is 17.4 Å². The SMILES string of the molecule is CC1CCN(C(=O)Cn2cc(Br)ccc2=O)C1C(=O)O. The van der Waals surface area contributed by atoms with E-state index in [9.17, 15) is 19.5 Å². The minimum Gasteiger partial charge on any atom is -0.480 e. The lowest BCUT2D eigenvalue weighted by atomic mass is 10.0. The number of rotatable bonds is 3. The highest BCUT2D eigenvalue weighted by Crippen LogP contribution is 2.24. The fraction of sp³-hybridized carbons (Fsp3) is 0.462. The largest absolute Gasteiger partial charge is 0.480 e. The molecule has 1 fully saturated rings. The molecule has 20 heavy (non-hydrogen) atoms. The van der Waals surface area contributed by atoms with Crippen molar-refractivity contribution in [3.05, 3.63) is 33.2 Å². The van der Waals surface area contributed by atoms with E-state index in [1.165, 1.54) is 21.7 Å². The molecule has 6 nitrogen and oxygen atoms in total. The first-order valence-corrected chi connectivity index (χ1v) is 7.07. The number of carbonyl (C=O) groups excluding carboxylic acids is 1. The van der Waals surface area contributed by atoms with Crippen molar-refractivity contribution in [2.75, 3.05) is 6.54 Å². The molecule has 0 saturated carbocycles. The number of likely N-dealkylation sites (tertiary alicyclic amines) is 1. The van der Waals surface area contributed by atoms with Gasteiger partial charge in [-0.1, -0.05) is 6.92 Å². The van der Waals surface area contributed by atoms with Crippen molar-refractivity contribution >= 4 is 27.8 Å². The van der Waals surface area contributed by atoms with Crippen LogP contribution in [0.2, 0.25) is 0 Å². The van der Waals surface area contributed by atoms with Crippen LogP contribution in [0.1, 0.15) is 13.3 Å². The van der Waals surface area contributed by atoms with Gasteiger partial charge in [-0.05, 0) is 34.3 Å². The summed E-state index contributed by atoms with van der Waals surface area (Å²) in [7, 11) is 0. The summed E-state index contributed by atoms with van der Waals surface area (Å²) in [6, 6.07) is 2.16. The van der Waals surface area contributed by atoms with Crippen LogP contribution >= 0.6 is 15.9 Å². The van der Waals surface area contributed by atoms with Crippen molar-refractivity contribution in [3.63, 3.8) is 0 Å². The van der Waals surface area contributed by atoms with Gasteiger partial charge in [-0.3, -0.25) is 9.59 Å². The molecule has 2 rings (SSSR count). The molecule has 108 valence electrons. The van der Waals surface area contributed by atoms with Gasteiger partial charge in [-0.25, -0.2) is 4.79 Å². The Morgan fingerprint density at radius 2 is 2.15 bits per heavy atom. The van der Waals surface area contributed by atoms with E-state index in [-0.39, 0.29) is 23.9 Å².